The minimum Gasteiger partial charge on any atom is -0.446 e. The molecule has 1 fully saturated rings. The molecule has 4 nitrogen and oxygen atoms in total. The molecule has 0 aliphatic carbocycles. The molecule has 6 heteroatoms. The summed E-state index contributed by atoms with van der Waals surface area (Å²) >= 11 is 0. The number of carbonyl (C=O) groups is 2. The number of hydrogen-bond acceptors (Lipinski definition) is 3. The fraction of sp³-hybridized carbons (Fsp3) is 0.200. The zero-order chi connectivity index (χ0) is 18.7. The summed E-state index contributed by atoms with van der Waals surface area (Å²) in [5.41, 5.74) is 1.32. The standard InChI is InChI=1S/C20H17F2NO3/c1-13(16-9-8-15(21)11-17(16)22)7-10-19(24)23-18(12-26-20(23)25)14-5-3-2-4-6-14/h2-6,8-9,11,18H,1,7,10,12H2. The SMILES string of the molecule is C=C(CCC(=O)N1C(=O)OCC1c1ccccc1)c1ccc(F)cc1F. The Labute approximate surface area is 149 Å². The maximum absolute atomic E-state index is 13.8. The number of benzene rings is 2. The number of halogens is 2. The summed E-state index contributed by atoms with van der Waals surface area (Å²) in [5, 5.41) is 0. The summed E-state index contributed by atoms with van der Waals surface area (Å²) in [6.45, 7) is 3.86. The Morgan fingerprint density at radius 1 is 1.15 bits per heavy atom. The van der Waals surface area contributed by atoms with Gasteiger partial charge in [-0.15, -0.1) is 0 Å². The molecule has 0 saturated carbocycles. The van der Waals surface area contributed by atoms with Gasteiger partial charge in [0.15, 0.2) is 0 Å². The fourth-order valence-corrected chi connectivity index (χ4v) is 2.91. The number of rotatable bonds is 5. The maximum atomic E-state index is 13.8. The van der Waals surface area contributed by atoms with Crippen LogP contribution in [-0.2, 0) is 9.53 Å². The Bertz CT molecular complexity index is 851. The average molecular weight is 357 g/mol. The minimum atomic E-state index is -0.731. The van der Waals surface area contributed by atoms with E-state index in [9.17, 15) is 18.4 Å². The van der Waals surface area contributed by atoms with Crippen molar-refractivity contribution in [2.24, 2.45) is 0 Å². The van der Waals surface area contributed by atoms with Crippen LogP contribution in [0.5, 0.6) is 0 Å². The molecule has 1 atom stereocenters. The third kappa shape index (κ3) is 3.64. The Kier molecular flexibility index (Phi) is 5.11. The first-order valence-corrected chi connectivity index (χ1v) is 8.14. The van der Waals surface area contributed by atoms with Crippen molar-refractivity contribution in [3.63, 3.8) is 0 Å². The van der Waals surface area contributed by atoms with Crippen LogP contribution in [-0.4, -0.2) is 23.5 Å². The predicted octanol–water partition coefficient (Wildman–Crippen LogP) is 4.48. The van der Waals surface area contributed by atoms with Crippen LogP contribution in [0.1, 0.15) is 30.0 Å². The van der Waals surface area contributed by atoms with Crippen LogP contribution in [0.15, 0.2) is 55.1 Å². The molecule has 2 aromatic carbocycles. The third-order valence-corrected chi connectivity index (χ3v) is 4.28. The van der Waals surface area contributed by atoms with Crippen LogP contribution in [0.3, 0.4) is 0 Å². The van der Waals surface area contributed by atoms with E-state index in [0.29, 0.717) is 5.57 Å². The number of allylic oxidation sites excluding steroid dienone is 1. The summed E-state index contributed by atoms with van der Waals surface area (Å²) < 4.78 is 31.8. The lowest BCUT2D eigenvalue weighted by atomic mass is 10.0. The van der Waals surface area contributed by atoms with Crippen molar-refractivity contribution in [1.82, 2.24) is 4.90 Å². The molecular formula is C20H17F2NO3. The summed E-state index contributed by atoms with van der Waals surface area (Å²) in [6.07, 6.45) is -0.580. The second kappa shape index (κ2) is 7.47. The van der Waals surface area contributed by atoms with E-state index in [1.54, 1.807) is 0 Å². The van der Waals surface area contributed by atoms with Gasteiger partial charge in [0.05, 0.1) is 0 Å². The molecule has 1 saturated heterocycles. The van der Waals surface area contributed by atoms with Gasteiger partial charge in [0, 0.05) is 18.1 Å². The van der Waals surface area contributed by atoms with E-state index in [4.69, 9.17) is 4.74 Å². The Balaban J connectivity index is 1.68. The predicted molar refractivity (Wildman–Crippen MR) is 92.0 cm³/mol. The van der Waals surface area contributed by atoms with Crippen molar-refractivity contribution in [1.29, 1.82) is 0 Å². The smallest absolute Gasteiger partial charge is 0.417 e. The second-order valence-corrected chi connectivity index (χ2v) is 5.99. The third-order valence-electron chi connectivity index (χ3n) is 4.28. The number of cyclic esters (lactones) is 1. The van der Waals surface area contributed by atoms with Crippen molar-refractivity contribution < 1.29 is 23.1 Å². The first kappa shape index (κ1) is 17.8. The number of ether oxygens (including phenoxy) is 1. The van der Waals surface area contributed by atoms with Crippen molar-refractivity contribution in [2.75, 3.05) is 6.61 Å². The lowest BCUT2D eigenvalue weighted by Gasteiger charge is -2.20. The fourth-order valence-electron chi connectivity index (χ4n) is 2.91. The summed E-state index contributed by atoms with van der Waals surface area (Å²) in [6, 6.07) is 11.8. The molecule has 3 rings (SSSR count). The molecule has 2 aromatic rings. The van der Waals surface area contributed by atoms with E-state index < -0.39 is 29.7 Å². The first-order chi connectivity index (χ1) is 12.5. The molecule has 0 aromatic heterocycles. The van der Waals surface area contributed by atoms with Crippen molar-refractivity contribution in [2.45, 2.75) is 18.9 Å². The average Bonchev–Trinajstić information content (AvgIpc) is 3.02. The van der Waals surface area contributed by atoms with E-state index in [-0.39, 0.29) is 25.0 Å². The quantitative estimate of drug-likeness (QED) is 0.793. The van der Waals surface area contributed by atoms with Gasteiger partial charge < -0.3 is 4.74 Å². The van der Waals surface area contributed by atoms with Gasteiger partial charge in [0.1, 0.15) is 24.3 Å². The Morgan fingerprint density at radius 3 is 2.58 bits per heavy atom. The van der Waals surface area contributed by atoms with Crippen molar-refractivity contribution in [3.05, 3.63) is 77.9 Å². The molecular weight excluding hydrogens is 340 g/mol. The summed E-state index contributed by atoms with van der Waals surface area (Å²) in [5.74, 6) is -1.84. The molecule has 0 spiro atoms. The van der Waals surface area contributed by atoms with E-state index >= 15 is 0 Å². The summed E-state index contributed by atoms with van der Waals surface area (Å²) in [4.78, 5) is 25.6. The second-order valence-electron chi connectivity index (χ2n) is 5.99. The molecule has 0 N–H and O–H groups in total. The monoisotopic (exact) mass is 357 g/mol. The van der Waals surface area contributed by atoms with Crippen molar-refractivity contribution in [3.8, 4) is 0 Å². The van der Waals surface area contributed by atoms with Gasteiger partial charge in [-0.2, -0.15) is 0 Å². The lowest BCUT2D eigenvalue weighted by Crippen LogP contribution is -2.34. The van der Waals surface area contributed by atoms with Crippen molar-refractivity contribution >= 4 is 17.6 Å². The highest BCUT2D eigenvalue weighted by molar-refractivity contribution is 5.94. The summed E-state index contributed by atoms with van der Waals surface area (Å²) in [7, 11) is 0. The van der Waals surface area contributed by atoms with Gasteiger partial charge in [-0.1, -0.05) is 36.9 Å². The molecule has 134 valence electrons. The molecule has 1 heterocycles. The number of amides is 2. The number of carbonyl (C=O) groups excluding carboxylic acids is 2. The normalized spacial score (nSPS) is 16.5. The maximum Gasteiger partial charge on any atom is 0.417 e. The Morgan fingerprint density at radius 2 is 1.88 bits per heavy atom. The molecule has 0 radical (unpaired) electrons. The van der Waals surface area contributed by atoms with E-state index in [2.05, 4.69) is 6.58 Å². The van der Waals surface area contributed by atoms with Crippen LogP contribution in [0.4, 0.5) is 13.6 Å². The Hall–Kier alpha value is -3.02. The van der Waals surface area contributed by atoms with E-state index in [1.165, 1.54) is 6.07 Å². The van der Waals surface area contributed by atoms with Crippen LogP contribution < -0.4 is 0 Å². The van der Waals surface area contributed by atoms with Gasteiger partial charge in [-0.05, 0) is 29.7 Å². The van der Waals surface area contributed by atoms with Gasteiger partial charge in [-0.3, -0.25) is 4.79 Å². The highest BCUT2D eigenvalue weighted by Gasteiger charge is 2.38. The molecule has 1 aliphatic heterocycles. The number of nitrogens with zero attached hydrogens (tertiary/aromatic N) is 1. The van der Waals surface area contributed by atoms with Gasteiger partial charge >= 0.3 is 6.09 Å². The van der Waals surface area contributed by atoms with E-state index in [1.807, 2.05) is 30.3 Å². The van der Waals surface area contributed by atoms with Gasteiger partial charge in [-0.25, -0.2) is 18.5 Å². The zero-order valence-electron chi connectivity index (χ0n) is 14.0. The number of imide groups is 1. The van der Waals surface area contributed by atoms with Gasteiger partial charge in [0.2, 0.25) is 5.91 Å². The highest BCUT2D eigenvalue weighted by atomic mass is 19.1. The first-order valence-electron chi connectivity index (χ1n) is 8.14. The highest BCUT2D eigenvalue weighted by Crippen LogP contribution is 2.29. The lowest BCUT2D eigenvalue weighted by molar-refractivity contribution is -0.129. The van der Waals surface area contributed by atoms with E-state index in [0.717, 1.165) is 22.6 Å². The van der Waals surface area contributed by atoms with Crippen LogP contribution in [0, 0.1) is 11.6 Å². The van der Waals surface area contributed by atoms with Crippen LogP contribution in [0.2, 0.25) is 0 Å². The molecule has 26 heavy (non-hydrogen) atoms. The molecule has 2 amide bonds. The molecule has 0 bridgehead atoms. The topological polar surface area (TPSA) is 46.6 Å². The van der Waals surface area contributed by atoms with Crippen LogP contribution in [0.25, 0.3) is 5.57 Å². The largest absolute Gasteiger partial charge is 0.446 e. The minimum absolute atomic E-state index is 0.0336. The number of hydrogen-bond donors (Lipinski definition) is 0. The molecule has 1 unspecified atom stereocenters. The molecule has 1 aliphatic rings. The van der Waals surface area contributed by atoms with Gasteiger partial charge in [0.25, 0.3) is 0 Å². The van der Waals surface area contributed by atoms with Crippen LogP contribution >= 0.6 is 0 Å². The zero-order valence-corrected chi connectivity index (χ0v) is 14.0.